The molecule has 0 fully saturated rings. The minimum Gasteiger partial charge on any atom is -0.497 e. The van der Waals surface area contributed by atoms with Gasteiger partial charge in [-0.1, -0.05) is 41.4 Å². The van der Waals surface area contributed by atoms with E-state index in [2.05, 4.69) is 16.2 Å². The Balaban J connectivity index is 1.42. The maximum Gasteiger partial charge on any atom is 0.281 e. The minimum atomic E-state index is -0.489. The van der Waals surface area contributed by atoms with E-state index < -0.39 is 11.8 Å². The van der Waals surface area contributed by atoms with Crippen molar-refractivity contribution in [3.63, 3.8) is 0 Å². The van der Waals surface area contributed by atoms with Gasteiger partial charge in [0.25, 0.3) is 11.8 Å². The monoisotopic (exact) mass is 509 g/mol. The molecule has 4 aromatic rings. The fourth-order valence-electron chi connectivity index (χ4n) is 2.84. The molecule has 2 aromatic heterocycles. The number of thiophene rings is 2. The molecule has 0 bridgehead atoms. The summed E-state index contributed by atoms with van der Waals surface area (Å²) in [7, 11) is 1.56. The molecule has 6 nitrogen and oxygen atoms in total. The van der Waals surface area contributed by atoms with Crippen molar-refractivity contribution in [2.45, 2.75) is 0 Å². The Morgan fingerprint density at radius 3 is 2.26 bits per heavy atom. The number of hydrazine groups is 1. The standard InChI is InChI=1S/C20H13Cl2N3O3S3/c1-28-9-6-7-11-13(8-9)31-16(15(11)22)18(26)23-20(29)25-24-19(27)17-14(21)10-4-2-3-5-12(10)30-17/h2-8H,1H3,(H,24,27)(H2,23,25,26,29). The first-order valence-electron chi connectivity index (χ1n) is 8.73. The van der Waals surface area contributed by atoms with Gasteiger partial charge in [0.15, 0.2) is 5.11 Å². The average molecular weight is 510 g/mol. The van der Waals surface area contributed by atoms with E-state index in [-0.39, 0.29) is 5.11 Å². The third-order valence-electron chi connectivity index (χ3n) is 4.30. The molecule has 0 aliphatic heterocycles. The lowest BCUT2D eigenvalue weighted by Gasteiger charge is -2.09. The Morgan fingerprint density at radius 2 is 1.55 bits per heavy atom. The highest BCUT2D eigenvalue weighted by Gasteiger charge is 2.20. The Morgan fingerprint density at radius 1 is 0.903 bits per heavy atom. The number of amides is 2. The number of thiocarbonyl (C=S) groups is 1. The maximum atomic E-state index is 12.6. The smallest absolute Gasteiger partial charge is 0.281 e. The fourth-order valence-corrected chi connectivity index (χ4v) is 5.84. The van der Waals surface area contributed by atoms with E-state index in [4.69, 9.17) is 40.2 Å². The van der Waals surface area contributed by atoms with Crippen molar-refractivity contribution in [2.24, 2.45) is 0 Å². The van der Waals surface area contributed by atoms with Crippen LogP contribution in [0.3, 0.4) is 0 Å². The number of methoxy groups -OCH3 is 1. The quantitative estimate of drug-likeness (QED) is 0.255. The number of rotatable bonds is 3. The molecule has 158 valence electrons. The summed E-state index contributed by atoms with van der Waals surface area (Å²) in [4.78, 5) is 25.7. The Labute approximate surface area is 200 Å². The normalized spacial score (nSPS) is 10.8. The van der Waals surface area contributed by atoms with Gasteiger partial charge in [-0.15, -0.1) is 22.7 Å². The molecular weight excluding hydrogens is 497 g/mol. The van der Waals surface area contributed by atoms with E-state index in [9.17, 15) is 9.59 Å². The summed E-state index contributed by atoms with van der Waals surface area (Å²) < 4.78 is 6.90. The highest BCUT2D eigenvalue weighted by atomic mass is 35.5. The Kier molecular flexibility index (Phi) is 6.31. The van der Waals surface area contributed by atoms with Crippen molar-refractivity contribution in [2.75, 3.05) is 7.11 Å². The number of hydrogen-bond donors (Lipinski definition) is 3. The number of ether oxygens (including phenoxy) is 1. The number of carbonyl (C=O) groups is 2. The molecule has 0 unspecified atom stereocenters. The lowest BCUT2D eigenvalue weighted by molar-refractivity contribution is 0.0939. The Bertz CT molecular complexity index is 1350. The molecule has 0 aliphatic rings. The summed E-state index contributed by atoms with van der Waals surface area (Å²) >= 11 is 20.3. The first-order valence-corrected chi connectivity index (χ1v) is 11.5. The van der Waals surface area contributed by atoms with Crippen LogP contribution < -0.4 is 20.9 Å². The second-order valence-electron chi connectivity index (χ2n) is 6.21. The lowest BCUT2D eigenvalue weighted by atomic mass is 10.2. The number of fused-ring (bicyclic) bond motifs is 2. The van der Waals surface area contributed by atoms with Gasteiger partial charge in [0.05, 0.1) is 17.2 Å². The molecule has 2 heterocycles. The number of hydrogen-bond acceptors (Lipinski definition) is 6. The molecule has 0 radical (unpaired) electrons. The van der Waals surface area contributed by atoms with Crippen LogP contribution in [0, 0.1) is 0 Å². The maximum absolute atomic E-state index is 12.6. The first-order chi connectivity index (χ1) is 14.9. The van der Waals surface area contributed by atoms with Crippen LogP contribution in [0.1, 0.15) is 19.3 Å². The third-order valence-corrected chi connectivity index (χ3v) is 7.83. The predicted molar refractivity (Wildman–Crippen MR) is 131 cm³/mol. The van der Waals surface area contributed by atoms with Crippen molar-refractivity contribution in [3.8, 4) is 5.75 Å². The van der Waals surface area contributed by atoms with Gasteiger partial charge in [-0.2, -0.15) is 0 Å². The number of carbonyl (C=O) groups excluding carboxylic acids is 2. The Hall–Kier alpha value is -2.43. The second-order valence-corrected chi connectivity index (χ2v) is 9.48. The summed E-state index contributed by atoms with van der Waals surface area (Å²) in [6.45, 7) is 0. The summed E-state index contributed by atoms with van der Waals surface area (Å²) in [5.74, 6) is -0.288. The van der Waals surface area contributed by atoms with Gasteiger partial charge in [0.2, 0.25) is 0 Å². The summed E-state index contributed by atoms with van der Waals surface area (Å²) in [6, 6.07) is 12.8. The molecule has 2 amide bonds. The van der Waals surface area contributed by atoms with Crippen molar-refractivity contribution in [3.05, 3.63) is 62.3 Å². The van der Waals surface area contributed by atoms with Crippen molar-refractivity contribution in [1.29, 1.82) is 0 Å². The van der Waals surface area contributed by atoms with E-state index in [0.29, 0.717) is 25.5 Å². The molecule has 11 heteroatoms. The van der Waals surface area contributed by atoms with Crippen LogP contribution in [-0.4, -0.2) is 24.0 Å². The highest BCUT2D eigenvalue weighted by molar-refractivity contribution is 7.80. The second kappa shape index (κ2) is 8.97. The van der Waals surface area contributed by atoms with E-state index in [0.717, 1.165) is 20.2 Å². The molecule has 0 atom stereocenters. The van der Waals surface area contributed by atoms with E-state index in [1.54, 1.807) is 25.3 Å². The van der Waals surface area contributed by atoms with Gasteiger partial charge >= 0.3 is 0 Å². The molecular formula is C20H13Cl2N3O3S3. The third kappa shape index (κ3) is 4.32. The van der Waals surface area contributed by atoms with E-state index >= 15 is 0 Å². The van der Waals surface area contributed by atoms with Crippen LogP contribution in [0.15, 0.2) is 42.5 Å². The van der Waals surface area contributed by atoms with Gasteiger partial charge in [0.1, 0.15) is 15.5 Å². The van der Waals surface area contributed by atoms with Gasteiger partial charge < -0.3 is 4.74 Å². The molecule has 0 spiro atoms. The summed E-state index contributed by atoms with van der Waals surface area (Å²) in [6.07, 6.45) is 0. The lowest BCUT2D eigenvalue weighted by Crippen LogP contribution is -2.48. The van der Waals surface area contributed by atoms with Crippen LogP contribution in [0.4, 0.5) is 0 Å². The van der Waals surface area contributed by atoms with Gasteiger partial charge in [-0.25, -0.2) is 0 Å². The number of benzene rings is 2. The van der Waals surface area contributed by atoms with Crippen LogP contribution >= 0.6 is 58.1 Å². The van der Waals surface area contributed by atoms with Crippen molar-refractivity contribution >= 4 is 95.2 Å². The highest BCUT2D eigenvalue weighted by Crippen LogP contribution is 2.37. The molecule has 3 N–H and O–H groups in total. The van der Waals surface area contributed by atoms with Crippen LogP contribution in [0.25, 0.3) is 20.2 Å². The SMILES string of the molecule is COc1ccc2c(Cl)c(C(=O)NC(=S)NNC(=O)c3sc4ccccc4c3Cl)sc2c1. The van der Waals surface area contributed by atoms with Crippen molar-refractivity contribution in [1.82, 2.24) is 16.2 Å². The van der Waals surface area contributed by atoms with Crippen LogP contribution in [-0.2, 0) is 0 Å². The summed E-state index contributed by atoms with van der Waals surface area (Å²) in [5.41, 5.74) is 4.96. The topological polar surface area (TPSA) is 79.5 Å². The molecule has 2 aromatic carbocycles. The fraction of sp³-hybridized carbons (Fsp3) is 0.0500. The number of nitrogens with one attached hydrogen (secondary N) is 3. The zero-order valence-corrected chi connectivity index (χ0v) is 19.7. The molecule has 0 saturated heterocycles. The summed E-state index contributed by atoms with van der Waals surface area (Å²) in [5, 5.41) is 4.65. The molecule has 31 heavy (non-hydrogen) atoms. The number of halogens is 2. The van der Waals surface area contributed by atoms with Crippen LogP contribution in [0.5, 0.6) is 5.75 Å². The van der Waals surface area contributed by atoms with Crippen LogP contribution in [0.2, 0.25) is 10.0 Å². The van der Waals surface area contributed by atoms with Gasteiger partial charge in [0, 0.05) is 20.2 Å². The minimum absolute atomic E-state index is 0.0818. The predicted octanol–water partition coefficient (Wildman–Crippen LogP) is 5.38. The molecule has 4 rings (SSSR count). The van der Waals surface area contributed by atoms with E-state index in [1.165, 1.54) is 22.7 Å². The zero-order valence-electron chi connectivity index (χ0n) is 15.7. The van der Waals surface area contributed by atoms with Gasteiger partial charge in [-0.05, 0) is 36.5 Å². The van der Waals surface area contributed by atoms with E-state index in [1.807, 2.05) is 24.3 Å². The van der Waals surface area contributed by atoms with Gasteiger partial charge in [-0.3, -0.25) is 25.8 Å². The van der Waals surface area contributed by atoms with Crippen molar-refractivity contribution < 1.29 is 14.3 Å². The molecule has 0 aliphatic carbocycles. The largest absolute Gasteiger partial charge is 0.497 e. The first kappa shape index (κ1) is 21.8. The zero-order chi connectivity index (χ0) is 22.1. The average Bonchev–Trinajstić information content (AvgIpc) is 3.29. The molecule has 0 saturated carbocycles.